The number of benzene rings is 1. The monoisotopic (exact) mass is 370 g/mol. The molecule has 3 fully saturated rings. The third-order valence-electron chi connectivity index (χ3n) is 6.18. The summed E-state index contributed by atoms with van der Waals surface area (Å²) in [4.78, 5) is 31.8. The highest BCUT2D eigenvalue weighted by atomic mass is 16.2. The van der Waals surface area contributed by atoms with Crippen LogP contribution >= 0.6 is 0 Å². The van der Waals surface area contributed by atoms with Crippen molar-refractivity contribution in [2.45, 2.75) is 26.2 Å². The summed E-state index contributed by atoms with van der Waals surface area (Å²) in [5.41, 5.74) is 2.04. The lowest BCUT2D eigenvalue weighted by Crippen LogP contribution is -2.49. The number of amides is 2. The van der Waals surface area contributed by atoms with Crippen LogP contribution in [-0.4, -0.2) is 67.4 Å². The molecule has 0 aromatic heterocycles. The van der Waals surface area contributed by atoms with Gasteiger partial charge in [0.25, 0.3) is 0 Å². The Morgan fingerprint density at radius 2 is 1.63 bits per heavy atom. The van der Waals surface area contributed by atoms with Gasteiger partial charge in [-0.1, -0.05) is 6.92 Å². The molecule has 1 N–H and O–H groups in total. The van der Waals surface area contributed by atoms with Gasteiger partial charge in [-0.25, -0.2) is 0 Å². The predicted octanol–water partition coefficient (Wildman–Crippen LogP) is 2.03. The second-order valence-electron chi connectivity index (χ2n) is 7.94. The fraction of sp³-hybridized carbons (Fsp3) is 0.619. The number of hydrogen-bond donors (Lipinski definition) is 1. The molecule has 2 unspecified atom stereocenters. The van der Waals surface area contributed by atoms with E-state index in [-0.39, 0.29) is 23.7 Å². The second-order valence-corrected chi connectivity index (χ2v) is 7.94. The van der Waals surface area contributed by atoms with Crippen molar-refractivity contribution in [2.75, 3.05) is 56.0 Å². The number of nitrogens with zero attached hydrogens (tertiary/aromatic N) is 3. The first kappa shape index (κ1) is 18.3. The van der Waals surface area contributed by atoms with Gasteiger partial charge in [0.05, 0.1) is 11.8 Å². The number of nitrogens with one attached hydrogen (secondary N) is 1. The molecule has 2 saturated heterocycles. The molecule has 2 aliphatic heterocycles. The fourth-order valence-electron chi connectivity index (χ4n) is 4.24. The standard InChI is InChI=1S/C21H30N4O2/c1-2-23-11-13-25(14-12-23)21(27)19-15-18(19)20(26)22-16-5-7-17(8-6-16)24-9-3-4-10-24/h5-8,18-19H,2-4,9-15H2,1H3,(H,22,26). The Balaban J connectivity index is 1.26. The Morgan fingerprint density at radius 1 is 0.963 bits per heavy atom. The van der Waals surface area contributed by atoms with Gasteiger partial charge in [-0.15, -0.1) is 0 Å². The van der Waals surface area contributed by atoms with Crippen LogP contribution in [-0.2, 0) is 9.59 Å². The Hall–Kier alpha value is -2.08. The normalized spacial score (nSPS) is 25.5. The first-order valence-corrected chi connectivity index (χ1v) is 10.3. The first-order chi connectivity index (χ1) is 13.2. The summed E-state index contributed by atoms with van der Waals surface area (Å²) < 4.78 is 0. The SMILES string of the molecule is CCN1CCN(C(=O)C2CC2C(=O)Nc2ccc(N3CCCC3)cc2)CC1. The Morgan fingerprint density at radius 3 is 2.26 bits per heavy atom. The van der Waals surface area contributed by atoms with Crippen LogP contribution in [0.4, 0.5) is 11.4 Å². The highest BCUT2D eigenvalue weighted by Gasteiger charge is 2.49. The van der Waals surface area contributed by atoms with Crippen molar-refractivity contribution in [3.8, 4) is 0 Å². The minimum absolute atomic E-state index is 0.0190. The predicted molar refractivity (Wildman–Crippen MR) is 107 cm³/mol. The van der Waals surface area contributed by atoms with Gasteiger partial charge in [-0.2, -0.15) is 0 Å². The molecule has 3 aliphatic rings. The van der Waals surface area contributed by atoms with Crippen LogP contribution in [0.2, 0.25) is 0 Å². The van der Waals surface area contributed by atoms with E-state index in [9.17, 15) is 9.59 Å². The number of carbonyl (C=O) groups is 2. The molecule has 2 atom stereocenters. The highest BCUT2D eigenvalue weighted by molar-refractivity contribution is 5.99. The molecular weight excluding hydrogens is 340 g/mol. The highest BCUT2D eigenvalue weighted by Crippen LogP contribution is 2.41. The van der Waals surface area contributed by atoms with Crippen LogP contribution in [0, 0.1) is 11.8 Å². The van der Waals surface area contributed by atoms with Crippen LogP contribution in [0.15, 0.2) is 24.3 Å². The lowest BCUT2D eigenvalue weighted by atomic mass is 10.2. The molecule has 2 amide bonds. The van der Waals surface area contributed by atoms with Crippen molar-refractivity contribution in [1.82, 2.24) is 9.80 Å². The molecular formula is C21H30N4O2. The van der Waals surface area contributed by atoms with E-state index in [1.54, 1.807) is 0 Å². The van der Waals surface area contributed by atoms with Crippen LogP contribution in [0.1, 0.15) is 26.2 Å². The third-order valence-corrected chi connectivity index (χ3v) is 6.18. The lowest BCUT2D eigenvalue weighted by Gasteiger charge is -2.34. The van der Waals surface area contributed by atoms with E-state index in [1.165, 1.54) is 18.5 Å². The van der Waals surface area contributed by atoms with E-state index < -0.39 is 0 Å². The number of piperazine rings is 1. The van der Waals surface area contributed by atoms with Gasteiger partial charge < -0.3 is 20.0 Å². The average molecular weight is 370 g/mol. The zero-order valence-corrected chi connectivity index (χ0v) is 16.2. The quantitative estimate of drug-likeness (QED) is 0.862. The van der Waals surface area contributed by atoms with Crippen molar-refractivity contribution in [1.29, 1.82) is 0 Å². The van der Waals surface area contributed by atoms with Gasteiger partial charge in [0.1, 0.15) is 0 Å². The van der Waals surface area contributed by atoms with E-state index in [2.05, 4.69) is 34.2 Å². The second kappa shape index (κ2) is 7.89. The van der Waals surface area contributed by atoms with Gasteiger partial charge in [0, 0.05) is 50.6 Å². The molecule has 1 saturated carbocycles. The van der Waals surface area contributed by atoms with Crippen LogP contribution in [0.5, 0.6) is 0 Å². The maximum Gasteiger partial charge on any atom is 0.228 e. The van der Waals surface area contributed by atoms with Crippen molar-refractivity contribution in [2.24, 2.45) is 11.8 Å². The molecule has 0 bridgehead atoms. The molecule has 4 rings (SSSR count). The summed E-state index contributed by atoms with van der Waals surface area (Å²) in [5.74, 6) is -0.147. The van der Waals surface area contributed by atoms with Crippen molar-refractivity contribution in [3.63, 3.8) is 0 Å². The number of anilines is 2. The molecule has 1 aromatic carbocycles. The van der Waals surface area contributed by atoms with Crippen LogP contribution in [0.25, 0.3) is 0 Å². The largest absolute Gasteiger partial charge is 0.372 e. The Bertz CT molecular complexity index is 676. The maximum absolute atomic E-state index is 12.6. The van der Waals surface area contributed by atoms with Gasteiger partial charge in [-0.3, -0.25) is 9.59 Å². The summed E-state index contributed by atoms with van der Waals surface area (Å²) in [6, 6.07) is 8.08. The number of carbonyl (C=O) groups excluding carboxylic acids is 2. The van der Waals surface area contributed by atoms with Crippen LogP contribution in [0.3, 0.4) is 0 Å². The topological polar surface area (TPSA) is 55.9 Å². The Labute approximate surface area is 161 Å². The minimum Gasteiger partial charge on any atom is -0.372 e. The van der Waals surface area contributed by atoms with E-state index in [4.69, 9.17) is 0 Å². The molecule has 27 heavy (non-hydrogen) atoms. The zero-order valence-electron chi connectivity index (χ0n) is 16.2. The smallest absolute Gasteiger partial charge is 0.228 e. The van der Waals surface area contributed by atoms with Crippen molar-refractivity contribution in [3.05, 3.63) is 24.3 Å². The fourth-order valence-corrected chi connectivity index (χ4v) is 4.24. The molecule has 0 radical (unpaired) electrons. The van der Waals surface area contributed by atoms with Gasteiger partial charge in [-0.05, 0) is 50.1 Å². The summed E-state index contributed by atoms with van der Waals surface area (Å²) in [6.07, 6.45) is 3.19. The van der Waals surface area contributed by atoms with Gasteiger partial charge in [0.2, 0.25) is 11.8 Å². The molecule has 6 heteroatoms. The van der Waals surface area contributed by atoms with E-state index in [1.807, 2.05) is 17.0 Å². The summed E-state index contributed by atoms with van der Waals surface area (Å²) in [5, 5.41) is 2.99. The summed E-state index contributed by atoms with van der Waals surface area (Å²) >= 11 is 0. The number of hydrogen-bond acceptors (Lipinski definition) is 4. The van der Waals surface area contributed by atoms with Crippen LogP contribution < -0.4 is 10.2 Å². The van der Waals surface area contributed by atoms with Gasteiger partial charge >= 0.3 is 0 Å². The van der Waals surface area contributed by atoms with Crippen molar-refractivity contribution >= 4 is 23.2 Å². The molecule has 1 aliphatic carbocycles. The molecule has 6 nitrogen and oxygen atoms in total. The maximum atomic E-state index is 12.6. The Kier molecular flexibility index (Phi) is 5.34. The van der Waals surface area contributed by atoms with E-state index in [0.717, 1.165) is 51.5 Å². The minimum atomic E-state index is -0.167. The zero-order chi connectivity index (χ0) is 18.8. The van der Waals surface area contributed by atoms with E-state index in [0.29, 0.717) is 6.42 Å². The average Bonchev–Trinajstić information content (AvgIpc) is 3.33. The lowest BCUT2D eigenvalue weighted by molar-refractivity contribution is -0.135. The molecule has 0 spiro atoms. The summed E-state index contributed by atoms with van der Waals surface area (Å²) in [6.45, 7) is 8.87. The first-order valence-electron chi connectivity index (χ1n) is 10.3. The summed E-state index contributed by atoms with van der Waals surface area (Å²) in [7, 11) is 0. The van der Waals surface area contributed by atoms with Crippen molar-refractivity contribution < 1.29 is 9.59 Å². The third kappa shape index (κ3) is 4.10. The number of likely N-dealkylation sites (N-methyl/N-ethyl adjacent to an activating group) is 1. The van der Waals surface area contributed by atoms with Gasteiger partial charge in [0.15, 0.2) is 0 Å². The molecule has 1 aromatic rings. The molecule has 2 heterocycles. The number of rotatable bonds is 5. The molecule has 146 valence electrons. The van der Waals surface area contributed by atoms with E-state index >= 15 is 0 Å².